The average Bonchev–Trinajstić information content (AvgIpc) is 2.34. The van der Waals surface area contributed by atoms with E-state index in [4.69, 9.17) is 17.2 Å². The fourth-order valence-corrected chi connectivity index (χ4v) is 2.55. The van der Waals surface area contributed by atoms with E-state index in [1.165, 1.54) is 24.3 Å². The van der Waals surface area contributed by atoms with E-state index in [0.29, 0.717) is 4.90 Å². The third-order valence-electron chi connectivity index (χ3n) is 2.50. The number of nitrogens with two attached hydrogens (primary N) is 3. The highest BCUT2D eigenvalue weighted by Crippen LogP contribution is 2.33. The van der Waals surface area contributed by atoms with Crippen molar-refractivity contribution in [2.75, 3.05) is 17.2 Å². The van der Waals surface area contributed by atoms with Gasteiger partial charge in [-0.25, -0.2) is 13.8 Å². The van der Waals surface area contributed by atoms with Crippen LogP contribution in [0.5, 0.6) is 0 Å². The Labute approximate surface area is 113 Å². The summed E-state index contributed by atoms with van der Waals surface area (Å²) in [5, 5.41) is 0. The van der Waals surface area contributed by atoms with Gasteiger partial charge in [0, 0.05) is 16.2 Å². The highest BCUT2D eigenvalue weighted by atomic mass is 32.2. The van der Waals surface area contributed by atoms with Crippen molar-refractivity contribution in [3.05, 3.63) is 41.5 Å². The number of rotatable bonds is 3. The topological polar surface area (TPSA) is 91.0 Å². The van der Waals surface area contributed by atoms with Crippen molar-refractivity contribution in [2.45, 2.75) is 10.6 Å². The van der Waals surface area contributed by atoms with E-state index in [9.17, 15) is 8.78 Å². The lowest BCUT2D eigenvalue weighted by Gasteiger charge is -2.09. The van der Waals surface area contributed by atoms with Crippen molar-refractivity contribution < 1.29 is 8.78 Å². The Bertz CT molecular complexity index is 599. The first kappa shape index (κ1) is 13.4. The second-order valence-electron chi connectivity index (χ2n) is 3.83. The van der Waals surface area contributed by atoms with Crippen molar-refractivity contribution in [2.24, 2.45) is 0 Å². The largest absolute Gasteiger partial charge is 0.395 e. The molecule has 0 bridgehead atoms. The maximum atomic E-state index is 13.5. The van der Waals surface area contributed by atoms with Gasteiger partial charge < -0.3 is 17.2 Å². The number of pyridine rings is 1. The summed E-state index contributed by atoms with van der Waals surface area (Å²) in [4.78, 5) is 4.34. The van der Waals surface area contributed by atoms with Crippen molar-refractivity contribution in [3.63, 3.8) is 0 Å². The van der Waals surface area contributed by atoms with Gasteiger partial charge in [-0.1, -0.05) is 6.07 Å². The third kappa shape index (κ3) is 2.87. The molecule has 6 N–H and O–H groups in total. The van der Waals surface area contributed by atoms with E-state index in [0.717, 1.165) is 11.8 Å². The molecule has 0 amide bonds. The number of hydrogen-bond acceptors (Lipinski definition) is 5. The van der Waals surface area contributed by atoms with Crippen LogP contribution in [0.2, 0.25) is 0 Å². The first-order valence-corrected chi connectivity index (χ1v) is 6.34. The lowest BCUT2D eigenvalue weighted by atomic mass is 10.2. The van der Waals surface area contributed by atoms with Gasteiger partial charge in [0.1, 0.15) is 23.3 Å². The van der Waals surface area contributed by atoms with E-state index < -0.39 is 11.6 Å². The molecular weight excluding hydrogens is 270 g/mol. The Kier molecular flexibility index (Phi) is 3.75. The van der Waals surface area contributed by atoms with Crippen molar-refractivity contribution in [3.8, 4) is 0 Å². The number of anilines is 3. The van der Waals surface area contributed by atoms with Gasteiger partial charge in [0.2, 0.25) is 0 Å². The van der Waals surface area contributed by atoms with Crippen LogP contribution < -0.4 is 17.2 Å². The standard InChI is InChI=1S/C12H12F2N4S/c13-7-2-1-3-8(14)6(7)5-19-9-4-10(15)18-12(17)11(9)16/h1-4H,5,16H2,(H4,15,17,18). The van der Waals surface area contributed by atoms with E-state index in [-0.39, 0.29) is 28.6 Å². The molecule has 0 fully saturated rings. The second-order valence-corrected chi connectivity index (χ2v) is 4.85. The van der Waals surface area contributed by atoms with Gasteiger partial charge in [-0.15, -0.1) is 11.8 Å². The van der Waals surface area contributed by atoms with Crippen LogP contribution in [0.3, 0.4) is 0 Å². The molecule has 0 aliphatic carbocycles. The predicted octanol–water partition coefficient (Wildman–Crippen LogP) is 2.40. The summed E-state index contributed by atoms with van der Waals surface area (Å²) in [5.74, 6) is -0.784. The highest BCUT2D eigenvalue weighted by Gasteiger charge is 2.12. The smallest absolute Gasteiger partial charge is 0.150 e. The fourth-order valence-electron chi connectivity index (χ4n) is 1.51. The molecule has 2 rings (SSSR count). The maximum absolute atomic E-state index is 13.5. The Hall–Kier alpha value is -2.02. The Morgan fingerprint density at radius 1 is 1.11 bits per heavy atom. The number of halogens is 2. The Morgan fingerprint density at radius 2 is 1.74 bits per heavy atom. The van der Waals surface area contributed by atoms with Crippen molar-refractivity contribution in [1.29, 1.82) is 0 Å². The number of nitrogens with zero attached hydrogens (tertiary/aromatic N) is 1. The summed E-state index contributed by atoms with van der Waals surface area (Å²) in [6.07, 6.45) is 0. The monoisotopic (exact) mass is 282 g/mol. The van der Waals surface area contributed by atoms with Crippen LogP contribution in [0.15, 0.2) is 29.2 Å². The molecule has 0 aliphatic rings. The molecule has 1 aromatic heterocycles. The predicted molar refractivity (Wildman–Crippen MR) is 73.4 cm³/mol. The lowest BCUT2D eigenvalue weighted by molar-refractivity contribution is 0.566. The molecule has 0 atom stereocenters. The zero-order chi connectivity index (χ0) is 14.0. The number of thioether (sulfide) groups is 1. The van der Waals surface area contributed by atoms with E-state index in [1.807, 2.05) is 0 Å². The van der Waals surface area contributed by atoms with Gasteiger partial charge in [-0.3, -0.25) is 0 Å². The normalized spacial score (nSPS) is 10.6. The van der Waals surface area contributed by atoms with Crippen molar-refractivity contribution in [1.82, 2.24) is 4.98 Å². The molecule has 19 heavy (non-hydrogen) atoms. The van der Waals surface area contributed by atoms with Gasteiger partial charge in [-0.05, 0) is 18.2 Å². The minimum Gasteiger partial charge on any atom is -0.395 e. The summed E-state index contributed by atoms with van der Waals surface area (Å²) in [6, 6.07) is 5.25. The molecule has 7 heteroatoms. The number of nitrogen functional groups attached to an aromatic ring is 3. The Balaban J connectivity index is 2.24. The van der Waals surface area contributed by atoms with Crippen LogP contribution in [-0.2, 0) is 5.75 Å². The molecule has 0 saturated heterocycles. The maximum Gasteiger partial charge on any atom is 0.150 e. The molecule has 0 spiro atoms. The zero-order valence-corrected chi connectivity index (χ0v) is 10.7. The van der Waals surface area contributed by atoms with Crippen molar-refractivity contribution >= 4 is 29.1 Å². The summed E-state index contributed by atoms with van der Waals surface area (Å²) in [6.45, 7) is 0. The third-order valence-corrected chi connectivity index (χ3v) is 3.59. The number of hydrogen-bond donors (Lipinski definition) is 3. The van der Waals surface area contributed by atoms with E-state index >= 15 is 0 Å². The minimum absolute atomic E-state index is 0.0131. The van der Waals surface area contributed by atoms with Crippen LogP contribution in [0.25, 0.3) is 0 Å². The second kappa shape index (κ2) is 5.31. The van der Waals surface area contributed by atoms with Crippen LogP contribution in [0.4, 0.5) is 26.1 Å². The minimum atomic E-state index is -0.596. The quantitative estimate of drug-likeness (QED) is 0.752. The van der Waals surface area contributed by atoms with Gasteiger partial charge in [0.05, 0.1) is 5.69 Å². The molecule has 0 unspecified atom stereocenters. The summed E-state index contributed by atoms with van der Waals surface area (Å²) >= 11 is 1.15. The van der Waals surface area contributed by atoms with Gasteiger partial charge in [-0.2, -0.15) is 0 Å². The molecule has 4 nitrogen and oxygen atoms in total. The average molecular weight is 282 g/mol. The number of benzene rings is 1. The molecule has 2 aromatic rings. The lowest BCUT2D eigenvalue weighted by Crippen LogP contribution is -2.03. The SMILES string of the molecule is Nc1cc(SCc2c(F)cccc2F)c(N)c(N)n1. The zero-order valence-electron chi connectivity index (χ0n) is 9.86. The first-order chi connectivity index (χ1) is 8.99. The van der Waals surface area contributed by atoms with Gasteiger partial charge in [0.25, 0.3) is 0 Å². The van der Waals surface area contributed by atoms with E-state index in [1.54, 1.807) is 0 Å². The molecule has 100 valence electrons. The molecular formula is C12H12F2N4S. The van der Waals surface area contributed by atoms with Crippen LogP contribution in [0.1, 0.15) is 5.56 Å². The Morgan fingerprint density at radius 3 is 2.37 bits per heavy atom. The van der Waals surface area contributed by atoms with Gasteiger partial charge >= 0.3 is 0 Å². The molecule has 0 aliphatic heterocycles. The summed E-state index contributed by atoms with van der Waals surface area (Å²) < 4.78 is 26.9. The molecule has 0 saturated carbocycles. The summed E-state index contributed by atoms with van der Waals surface area (Å²) in [5.41, 5.74) is 17.1. The molecule has 0 radical (unpaired) electrons. The van der Waals surface area contributed by atoms with E-state index in [2.05, 4.69) is 4.98 Å². The van der Waals surface area contributed by atoms with Gasteiger partial charge in [0.15, 0.2) is 0 Å². The highest BCUT2D eigenvalue weighted by molar-refractivity contribution is 7.98. The van der Waals surface area contributed by atoms with Crippen LogP contribution in [0, 0.1) is 11.6 Å². The molecule has 1 aromatic carbocycles. The first-order valence-electron chi connectivity index (χ1n) is 5.36. The molecule has 1 heterocycles. The number of aromatic nitrogens is 1. The van der Waals surface area contributed by atoms with Crippen LogP contribution >= 0.6 is 11.8 Å². The van der Waals surface area contributed by atoms with Crippen LogP contribution in [-0.4, -0.2) is 4.98 Å². The summed E-state index contributed by atoms with van der Waals surface area (Å²) in [7, 11) is 0. The fraction of sp³-hybridized carbons (Fsp3) is 0.0833.